The van der Waals surface area contributed by atoms with Crippen molar-refractivity contribution in [3.63, 3.8) is 0 Å². The van der Waals surface area contributed by atoms with Crippen molar-refractivity contribution in [3.8, 4) is 0 Å². The van der Waals surface area contributed by atoms with Crippen LogP contribution in [0.1, 0.15) is 58.4 Å². The van der Waals surface area contributed by atoms with Crippen molar-refractivity contribution >= 4 is 29.3 Å². The van der Waals surface area contributed by atoms with Gasteiger partial charge in [0.1, 0.15) is 5.60 Å². The van der Waals surface area contributed by atoms with Crippen LogP contribution >= 0.6 is 23.2 Å². The van der Waals surface area contributed by atoms with Crippen LogP contribution in [0.25, 0.3) is 0 Å². The number of carbonyl (C=O) groups excluding carboxylic acids is 1. The van der Waals surface area contributed by atoms with Gasteiger partial charge in [-0.25, -0.2) is 4.79 Å². The summed E-state index contributed by atoms with van der Waals surface area (Å²) in [4.78, 5) is 14.3. The molecule has 1 N–H and O–H groups in total. The number of nitrogens with zero attached hydrogens (tertiary/aromatic N) is 1. The Morgan fingerprint density at radius 3 is 2.44 bits per heavy atom. The first kappa shape index (κ1) is 20.8. The number of amides is 1. The van der Waals surface area contributed by atoms with Crippen molar-refractivity contribution in [2.75, 3.05) is 13.1 Å². The van der Waals surface area contributed by atoms with Gasteiger partial charge in [-0.3, -0.25) is 0 Å². The van der Waals surface area contributed by atoms with Gasteiger partial charge in [-0.05, 0) is 76.5 Å². The molecule has 27 heavy (non-hydrogen) atoms. The summed E-state index contributed by atoms with van der Waals surface area (Å²) >= 11 is 12.4. The Bertz CT molecular complexity index is 693. The highest BCUT2D eigenvalue weighted by atomic mass is 35.5. The normalized spacial score (nSPS) is 29.0. The van der Waals surface area contributed by atoms with E-state index >= 15 is 0 Å². The molecule has 1 saturated heterocycles. The maximum absolute atomic E-state index is 12.5. The molecule has 1 amide bonds. The van der Waals surface area contributed by atoms with Crippen molar-refractivity contribution in [1.29, 1.82) is 0 Å². The molecule has 2 aliphatic rings. The molecule has 0 spiro atoms. The minimum absolute atomic E-state index is 0.0930. The Hall–Kier alpha value is -0.970. The fraction of sp³-hybridized carbons (Fsp3) is 0.667. The summed E-state index contributed by atoms with van der Waals surface area (Å²) in [5.74, 6) is 0.315. The third-order valence-electron chi connectivity index (χ3n) is 5.96. The molecule has 0 aromatic heterocycles. The third kappa shape index (κ3) is 4.55. The number of ether oxygens (including phenoxy) is 1. The maximum atomic E-state index is 12.5. The van der Waals surface area contributed by atoms with E-state index in [0.717, 1.165) is 32.1 Å². The number of rotatable bonds is 2. The second-order valence-electron chi connectivity index (χ2n) is 8.93. The minimum atomic E-state index is -0.495. The highest BCUT2D eigenvalue weighted by Gasteiger charge is 2.46. The maximum Gasteiger partial charge on any atom is 0.410 e. The SMILES string of the molecule is CC(C)(C)OC(=O)N1CC[C@H]([C@]2(c3ccc(Cl)c(Cl)c3)CC[C@H](O)CC2)C1. The molecule has 1 aliphatic carbocycles. The second-order valence-corrected chi connectivity index (χ2v) is 9.74. The molecule has 1 aromatic carbocycles. The zero-order chi connectivity index (χ0) is 19.8. The number of carbonyl (C=O) groups is 1. The summed E-state index contributed by atoms with van der Waals surface area (Å²) in [5.41, 5.74) is 0.579. The lowest BCUT2D eigenvalue weighted by atomic mass is 9.61. The standard InChI is InChI=1S/C21H29Cl2NO3/c1-20(2,3)27-19(26)24-11-8-15(13-24)21(9-6-16(25)7-10-21)14-4-5-17(22)18(23)12-14/h4-5,12,15-16,25H,6-11,13H2,1-3H3/t15-,16-,21+/m0/s1. The fourth-order valence-electron chi connectivity index (χ4n) is 4.56. The number of aliphatic hydroxyl groups excluding tert-OH is 1. The van der Waals surface area contributed by atoms with Crippen LogP contribution in [-0.4, -0.2) is 40.9 Å². The third-order valence-corrected chi connectivity index (χ3v) is 6.70. The Labute approximate surface area is 171 Å². The predicted octanol–water partition coefficient (Wildman–Crippen LogP) is 5.42. The zero-order valence-corrected chi connectivity index (χ0v) is 17.8. The summed E-state index contributed by atoms with van der Waals surface area (Å²) in [7, 11) is 0. The molecule has 2 fully saturated rings. The molecule has 1 aromatic rings. The van der Waals surface area contributed by atoms with Gasteiger partial charge >= 0.3 is 6.09 Å². The van der Waals surface area contributed by atoms with E-state index in [1.165, 1.54) is 5.56 Å². The summed E-state index contributed by atoms with van der Waals surface area (Å²) in [6.45, 7) is 7.03. The van der Waals surface area contributed by atoms with Crippen LogP contribution in [0.3, 0.4) is 0 Å². The van der Waals surface area contributed by atoms with Crippen LogP contribution in [0, 0.1) is 5.92 Å². The second kappa shape index (κ2) is 7.81. The van der Waals surface area contributed by atoms with E-state index in [9.17, 15) is 9.90 Å². The van der Waals surface area contributed by atoms with E-state index in [2.05, 4.69) is 6.07 Å². The van der Waals surface area contributed by atoms with E-state index < -0.39 is 5.60 Å². The number of hydrogen-bond donors (Lipinski definition) is 1. The van der Waals surface area contributed by atoms with Gasteiger partial charge in [0.2, 0.25) is 0 Å². The van der Waals surface area contributed by atoms with Crippen molar-refractivity contribution in [2.45, 2.75) is 70.0 Å². The van der Waals surface area contributed by atoms with Gasteiger partial charge in [-0.15, -0.1) is 0 Å². The number of benzene rings is 1. The Morgan fingerprint density at radius 2 is 1.85 bits per heavy atom. The molecule has 0 unspecified atom stereocenters. The summed E-state index contributed by atoms with van der Waals surface area (Å²) < 4.78 is 5.56. The van der Waals surface area contributed by atoms with Crippen LogP contribution in [0.2, 0.25) is 10.0 Å². The molecule has 6 heteroatoms. The lowest BCUT2D eigenvalue weighted by molar-refractivity contribution is 0.0263. The summed E-state index contributed by atoms with van der Waals surface area (Å²) in [6, 6.07) is 5.88. The van der Waals surface area contributed by atoms with E-state index in [4.69, 9.17) is 27.9 Å². The van der Waals surface area contributed by atoms with Crippen molar-refractivity contribution in [2.24, 2.45) is 5.92 Å². The minimum Gasteiger partial charge on any atom is -0.444 e. The van der Waals surface area contributed by atoms with E-state index in [1.807, 2.05) is 37.8 Å². The van der Waals surface area contributed by atoms with Gasteiger partial charge in [0.15, 0.2) is 0 Å². The molecular weight excluding hydrogens is 385 g/mol. The fourth-order valence-corrected chi connectivity index (χ4v) is 4.86. The first-order chi connectivity index (χ1) is 12.6. The van der Waals surface area contributed by atoms with Crippen LogP contribution < -0.4 is 0 Å². The van der Waals surface area contributed by atoms with Gasteiger partial charge in [0.25, 0.3) is 0 Å². The van der Waals surface area contributed by atoms with E-state index in [-0.39, 0.29) is 17.6 Å². The number of likely N-dealkylation sites (tertiary alicyclic amines) is 1. The monoisotopic (exact) mass is 413 g/mol. The lowest BCUT2D eigenvalue weighted by Crippen LogP contribution is -2.42. The predicted molar refractivity (Wildman–Crippen MR) is 109 cm³/mol. The van der Waals surface area contributed by atoms with E-state index in [1.54, 1.807) is 0 Å². The van der Waals surface area contributed by atoms with Gasteiger partial charge in [0, 0.05) is 18.5 Å². The molecule has 1 heterocycles. The van der Waals surface area contributed by atoms with Gasteiger partial charge in [-0.1, -0.05) is 29.3 Å². The number of halogens is 2. The smallest absolute Gasteiger partial charge is 0.410 e. The largest absolute Gasteiger partial charge is 0.444 e. The quantitative estimate of drug-likeness (QED) is 0.703. The zero-order valence-electron chi connectivity index (χ0n) is 16.3. The van der Waals surface area contributed by atoms with Crippen LogP contribution in [-0.2, 0) is 10.2 Å². The Morgan fingerprint density at radius 1 is 1.19 bits per heavy atom. The number of hydrogen-bond acceptors (Lipinski definition) is 3. The van der Waals surface area contributed by atoms with E-state index in [0.29, 0.717) is 29.1 Å². The van der Waals surface area contributed by atoms with Crippen molar-refractivity contribution in [1.82, 2.24) is 4.90 Å². The first-order valence-electron chi connectivity index (χ1n) is 9.72. The molecular formula is C21H29Cl2NO3. The van der Waals surface area contributed by atoms with Crippen molar-refractivity contribution < 1.29 is 14.6 Å². The molecule has 3 rings (SSSR count). The van der Waals surface area contributed by atoms with Crippen LogP contribution in [0.5, 0.6) is 0 Å². The average molecular weight is 414 g/mol. The topological polar surface area (TPSA) is 49.8 Å². The van der Waals surface area contributed by atoms with Crippen molar-refractivity contribution in [3.05, 3.63) is 33.8 Å². The van der Waals surface area contributed by atoms with Crippen LogP contribution in [0.15, 0.2) is 18.2 Å². The Balaban J connectivity index is 1.84. The molecule has 1 saturated carbocycles. The highest BCUT2D eigenvalue weighted by Crippen LogP contribution is 2.49. The summed E-state index contributed by atoms with van der Waals surface area (Å²) in [6.07, 6.45) is 3.74. The van der Waals surface area contributed by atoms with Gasteiger partial charge < -0.3 is 14.7 Å². The first-order valence-corrected chi connectivity index (χ1v) is 10.5. The van der Waals surface area contributed by atoms with Gasteiger partial charge in [-0.2, -0.15) is 0 Å². The van der Waals surface area contributed by atoms with Crippen LogP contribution in [0.4, 0.5) is 4.79 Å². The highest BCUT2D eigenvalue weighted by molar-refractivity contribution is 6.42. The number of aliphatic hydroxyl groups is 1. The molecule has 0 radical (unpaired) electrons. The summed E-state index contributed by atoms with van der Waals surface area (Å²) in [5, 5.41) is 11.2. The molecule has 1 aliphatic heterocycles. The molecule has 150 valence electrons. The Kier molecular flexibility index (Phi) is 6.00. The van der Waals surface area contributed by atoms with Gasteiger partial charge in [0.05, 0.1) is 16.1 Å². The molecule has 0 bridgehead atoms. The molecule has 4 nitrogen and oxygen atoms in total. The lowest BCUT2D eigenvalue weighted by Gasteiger charge is -2.44. The average Bonchev–Trinajstić information content (AvgIpc) is 3.08. The molecule has 1 atom stereocenters.